The van der Waals surface area contributed by atoms with Crippen molar-refractivity contribution in [2.24, 2.45) is 5.92 Å². The second kappa shape index (κ2) is 6.89. The molecule has 14 heavy (non-hydrogen) atoms. The van der Waals surface area contributed by atoms with Crippen molar-refractivity contribution in [3.8, 4) is 0 Å². The molecular weight excluding hydrogens is 219 g/mol. The molecular formula is C10H24Cl2N2. The second-order valence-electron chi connectivity index (χ2n) is 4.53. The third kappa shape index (κ3) is 3.93. The van der Waals surface area contributed by atoms with Crippen molar-refractivity contribution in [1.29, 1.82) is 0 Å². The molecule has 1 rings (SSSR count). The summed E-state index contributed by atoms with van der Waals surface area (Å²) in [7, 11) is 6.62. The lowest BCUT2D eigenvalue weighted by atomic mass is 9.89. The van der Waals surface area contributed by atoms with Gasteiger partial charge in [0.05, 0.1) is 0 Å². The van der Waals surface area contributed by atoms with Crippen molar-refractivity contribution in [3.63, 3.8) is 0 Å². The largest absolute Gasteiger partial charge is 0.306 e. The van der Waals surface area contributed by atoms with Crippen LogP contribution in [0, 0.1) is 5.92 Å². The van der Waals surface area contributed by atoms with Crippen LogP contribution in [-0.2, 0) is 0 Å². The number of hydrogen-bond acceptors (Lipinski definition) is 2. The molecule has 0 bridgehead atoms. The molecule has 88 valence electrons. The second-order valence-corrected chi connectivity index (χ2v) is 4.53. The van der Waals surface area contributed by atoms with Crippen LogP contribution in [0.25, 0.3) is 0 Å². The minimum Gasteiger partial charge on any atom is -0.306 e. The molecule has 0 radical (unpaired) electrons. The van der Waals surface area contributed by atoms with Crippen LogP contribution < -0.4 is 0 Å². The first-order valence-electron chi connectivity index (χ1n) is 4.89. The van der Waals surface area contributed by atoms with E-state index in [9.17, 15) is 0 Å². The van der Waals surface area contributed by atoms with E-state index in [2.05, 4.69) is 44.8 Å². The van der Waals surface area contributed by atoms with Gasteiger partial charge in [-0.2, -0.15) is 0 Å². The highest BCUT2D eigenvalue weighted by atomic mass is 35.5. The average Bonchev–Trinajstić information content (AvgIpc) is 1.96. The minimum absolute atomic E-state index is 0. The first kappa shape index (κ1) is 16.9. The van der Waals surface area contributed by atoms with E-state index >= 15 is 0 Å². The van der Waals surface area contributed by atoms with Gasteiger partial charge in [0.25, 0.3) is 0 Å². The Morgan fingerprint density at radius 2 is 1.64 bits per heavy atom. The van der Waals surface area contributed by atoms with Gasteiger partial charge in [-0.15, -0.1) is 24.8 Å². The molecule has 1 aliphatic heterocycles. The lowest BCUT2D eigenvalue weighted by molar-refractivity contribution is 0.0726. The van der Waals surface area contributed by atoms with Crippen LogP contribution in [0.2, 0.25) is 0 Å². The fourth-order valence-corrected chi connectivity index (χ4v) is 2.24. The third-order valence-corrected chi connectivity index (χ3v) is 3.23. The fraction of sp³-hybridized carbons (Fsp3) is 1.00. The Labute approximate surface area is 101 Å². The normalized spacial score (nSPS) is 33.4. The molecule has 1 aliphatic rings. The van der Waals surface area contributed by atoms with Crippen LogP contribution in [-0.4, -0.2) is 49.6 Å². The number of rotatable bonds is 1. The Kier molecular flexibility index (Phi) is 8.32. The van der Waals surface area contributed by atoms with E-state index in [1.54, 1.807) is 0 Å². The van der Waals surface area contributed by atoms with Gasteiger partial charge in [0.1, 0.15) is 0 Å². The molecule has 1 heterocycles. The van der Waals surface area contributed by atoms with Gasteiger partial charge in [-0.05, 0) is 40.4 Å². The molecule has 4 heteroatoms. The highest BCUT2D eigenvalue weighted by Crippen LogP contribution is 2.23. The molecule has 0 aromatic carbocycles. The molecule has 1 fully saturated rings. The van der Waals surface area contributed by atoms with Crippen LogP contribution in [0.5, 0.6) is 0 Å². The topological polar surface area (TPSA) is 6.48 Å². The van der Waals surface area contributed by atoms with Crippen molar-refractivity contribution in [1.82, 2.24) is 9.80 Å². The number of piperidine rings is 1. The number of likely N-dealkylation sites (tertiary alicyclic amines) is 1. The zero-order valence-corrected chi connectivity index (χ0v) is 11.5. The van der Waals surface area contributed by atoms with E-state index in [1.807, 2.05) is 0 Å². The summed E-state index contributed by atoms with van der Waals surface area (Å²) >= 11 is 0. The predicted molar refractivity (Wildman–Crippen MR) is 67.8 cm³/mol. The first-order valence-corrected chi connectivity index (χ1v) is 4.89. The first-order chi connectivity index (χ1) is 5.52. The summed E-state index contributed by atoms with van der Waals surface area (Å²) < 4.78 is 0. The average molecular weight is 243 g/mol. The molecule has 2 nitrogen and oxygen atoms in total. The summed E-state index contributed by atoms with van der Waals surface area (Å²) in [5, 5.41) is 0. The van der Waals surface area contributed by atoms with Gasteiger partial charge in [0, 0.05) is 18.6 Å². The molecule has 1 saturated heterocycles. The van der Waals surface area contributed by atoms with Gasteiger partial charge < -0.3 is 9.80 Å². The Bertz CT molecular complexity index is 153. The Morgan fingerprint density at radius 3 is 2.07 bits per heavy atom. The Hall–Kier alpha value is 0.500. The van der Waals surface area contributed by atoms with Crippen molar-refractivity contribution >= 4 is 24.8 Å². The lowest BCUT2D eigenvalue weighted by Gasteiger charge is -2.42. The number of nitrogens with zero attached hydrogens (tertiary/aromatic N) is 2. The summed E-state index contributed by atoms with van der Waals surface area (Å²) in [6, 6.07) is 1.52. The summed E-state index contributed by atoms with van der Waals surface area (Å²) in [5.41, 5.74) is 0. The quantitative estimate of drug-likeness (QED) is 0.696. The molecule has 0 aromatic rings. The zero-order chi connectivity index (χ0) is 9.30. The van der Waals surface area contributed by atoms with Gasteiger partial charge in [0.2, 0.25) is 0 Å². The molecule has 0 spiro atoms. The van der Waals surface area contributed by atoms with E-state index in [0.29, 0.717) is 0 Å². The summed E-state index contributed by atoms with van der Waals surface area (Å²) in [6.45, 7) is 5.92. The maximum Gasteiger partial charge on any atom is 0.0142 e. The maximum absolute atomic E-state index is 2.46. The molecule has 0 saturated carbocycles. The van der Waals surface area contributed by atoms with Gasteiger partial charge in [0.15, 0.2) is 0 Å². The van der Waals surface area contributed by atoms with Gasteiger partial charge in [-0.1, -0.05) is 6.92 Å². The van der Waals surface area contributed by atoms with Crippen molar-refractivity contribution in [2.45, 2.75) is 32.4 Å². The maximum atomic E-state index is 2.46. The van der Waals surface area contributed by atoms with Gasteiger partial charge in [-0.25, -0.2) is 0 Å². The van der Waals surface area contributed by atoms with E-state index in [0.717, 1.165) is 18.0 Å². The summed E-state index contributed by atoms with van der Waals surface area (Å²) in [5.74, 6) is 0.807. The Balaban J connectivity index is 0. The highest BCUT2D eigenvalue weighted by Gasteiger charge is 2.29. The summed E-state index contributed by atoms with van der Waals surface area (Å²) in [6.07, 6.45) is 1.31. The standard InChI is InChI=1S/C10H22N2.2ClH/c1-8-7-12(5)9(2)6-10(8)11(3)4;;/h8-10H,6-7H2,1-5H3;2*1H. The molecule has 0 amide bonds. The van der Waals surface area contributed by atoms with Gasteiger partial charge in [-0.3, -0.25) is 0 Å². The summed E-state index contributed by atoms with van der Waals surface area (Å²) in [4.78, 5) is 4.83. The van der Waals surface area contributed by atoms with E-state index in [1.165, 1.54) is 13.0 Å². The van der Waals surface area contributed by atoms with Crippen LogP contribution in [0.15, 0.2) is 0 Å². The predicted octanol–water partition coefficient (Wildman–Crippen LogP) is 2.12. The number of hydrogen-bond donors (Lipinski definition) is 0. The molecule has 0 N–H and O–H groups in total. The van der Waals surface area contributed by atoms with E-state index in [-0.39, 0.29) is 24.8 Å². The van der Waals surface area contributed by atoms with Crippen LogP contribution in [0.4, 0.5) is 0 Å². The minimum atomic E-state index is 0. The van der Waals surface area contributed by atoms with E-state index in [4.69, 9.17) is 0 Å². The Morgan fingerprint density at radius 1 is 1.14 bits per heavy atom. The van der Waals surface area contributed by atoms with E-state index < -0.39 is 0 Å². The van der Waals surface area contributed by atoms with Crippen LogP contribution in [0.1, 0.15) is 20.3 Å². The zero-order valence-electron chi connectivity index (χ0n) is 9.86. The number of halogens is 2. The fourth-order valence-electron chi connectivity index (χ4n) is 2.24. The SMILES string of the molecule is CC1CN(C)C(C)CC1N(C)C.Cl.Cl. The van der Waals surface area contributed by atoms with Gasteiger partial charge >= 0.3 is 0 Å². The van der Waals surface area contributed by atoms with Crippen LogP contribution >= 0.6 is 24.8 Å². The van der Waals surface area contributed by atoms with Crippen molar-refractivity contribution in [3.05, 3.63) is 0 Å². The smallest absolute Gasteiger partial charge is 0.0142 e. The monoisotopic (exact) mass is 242 g/mol. The molecule has 0 aromatic heterocycles. The molecule has 3 unspecified atom stereocenters. The van der Waals surface area contributed by atoms with Crippen molar-refractivity contribution < 1.29 is 0 Å². The molecule has 0 aliphatic carbocycles. The van der Waals surface area contributed by atoms with Crippen molar-refractivity contribution in [2.75, 3.05) is 27.7 Å². The highest BCUT2D eigenvalue weighted by molar-refractivity contribution is 5.85. The molecule has 3 atom stereocenters. The third-order valence-electron chi connectivity index (χ3n) is 3.23. The van der Waals surface area contributed by atoms with Crippen LogP contribution in [0.3, 0.4) is 0 Å². The lowest BCUT2D eigenvalue weighted by Crippen LogP contribution is -2.50.